The highest BCUT2D eigenvalue weighted by molar-refractivity contribution is 5.95. The first kappa shape index (κ1) is 45.3. The second kappa shape index (κ2) is 28.1. The van der Waals surface area contributed by atoms with Gasteiger partial charge in [0.15, 0.2) is 0 Å². The molecule has 48 heavy (non-hydrogen) atoms. The lowest BCUT2D eigenvalue weighted by atomic mass is 9.99. The molecule has 5 amide bonds. The lowest BCUT2D eigenvalue weighted by molar-refractivity contribution is -0.135. The van der Waals surface area contributed by atoms with Gasteiger partial charge in [0.05, 0.1) is 0 Å². The van der Waals surface area contributed by atoms with Gasteiger partial charge in [0.25, 0.3) is 0 Å². The minimum absolute atomic E-state index is 0.0522. The summed E-state index contributed by atoms with van der Waals surface area (Å²) in [7, 11) is 0. The van der Waals surface area contributed by atoms with Crippen LogP contribution in [-0.2, 0) is 24.0 Å². The Balaban J connectivity index is 5.48. The van der Waals surface area contributed by atoms with Crippen molar-refractivity contribution in [3.05, 3.63) is 0 Å². The number of hydrogen-bond donors (Lipinski definition) is 7. The molecule has 0 aliphatic rings. The van der Waals surface area contributed by atoms with E-state index in [1.807, 2.05) is 27.7 Å². The van der Waals surface area contributed by atoms with Crippen LogP contribution in [-0.4, -0.2) is 66.8 Å². The number of hydrogen-bond acceptors (Lipinski definition) is 7. The Labute approximate surface area is 291 Å². The third-order valence-corrected chi connectivity index (χ3v) is 8.39. The summed E-state index contributed by atoms with van der Waals surface area (Å²) in [6.45, 7) is 10.9. The van der Waals surface area contributed by atoms with Crippen LogP contribution in [0.25, 0.3) is 0 Å². The number of carbonyl (C=O) groups excluding carboxylic acids is 5. The van der Waals surface area contributed by atoms with Crippen LogP contribution in [0.2, 0.25) is 0 Å². The number of amides is 5. The number of nitrogens with two attached hydrogens (primary N) is 3. The lowest BCUT2D eigenvalue weighted by Gasteiger charge is -2.27. The van der Waals surface area contributed by atoms with Gasteiger partial charge in [-0.3, -0.25) is 24.0 Å². The summed E-state index contributed by atoms with van der Waals surface area (Å²) in [4.78, 5) is 65.4. The fourth-order valence-electron chi connectivity index (χ4n) is 5.63. The molecule has 0 saturated carbocycles. The van der Waals surface area contributed by atoms with Gasteiger partial charge in [-0.05, 0) is 82.7 Å². The largest absolute Gasteiger partial charge is 0.368 e. The molecule has 12 nitrogen and oxygen atoms in total. The van der Waals surface area contributed by atoms with Crippen molar-refractivity contribution in [2.75, 3.05) is 13.1 Å². The molecule has 0 aliphatic heterocycles. The number of unbranched alkanes of at least 4 members (excludes halogenated alkanes) is 10. The molecule has 0 heterocycles. The van der Waals surface area contributed by atoms with E-state index in [2.05, 4.69) is 28.2 Å². The molecule has 0 aromatic carbocycles. The summed E-state index contributed by atoms with van der Waals surface area (Å²) in [5.41, 5.74) is 16.8. The maximum Gasteiger partial charge on any atom is 0.243 e. The van der Waals surface area contributed by atoms with Crippen molar-refractivity contribution in [2.45, 2.75) is 174 Å². The molecule has 0 saturated heterocycles. The molecule has 12 heteroatoms. The highest BCUT2D eigenvalue weighted by Gasteiger charge is 2.31. The highest BCUT2D eigenvalue weighted by atomic mass is 16.2. The van der Waals surface area contributed by atoms with Crippen LogP contribution in [0.5, 0.6) is 0 Å². The van der Waals surface area contributed by atoms with Gasteiger partial charge in [0, 0.05) is 6.42 Å². The van der Waals surface area contributed by atoms with Gasteiger partial charge in [-0.15, -0.1) is 0 Å². The molecule has 0 aromatic heterocycles. The molecular formula is C36H71N7O5. The van der Waals surface area contributed by atoms with Gasteiger partial charge in [0.1, 0.15) is 24.2 Å². The zero-order valence-electron chi connectivity index (χ0n) is 30.9. The summed E-state index contributed by atoms with van der Waals surface area (Å²) in [5.74, 6) is -2.18. The zero-order chi connectivity index (χ0) is 36.3. The zero-order valence-corrected chi connectivity index (χ0v) is 30.9. The predicted octanol–water partition coefficient (Wildman–Crippen LogP) is 3.68. The standard InChI is InChI=1S/C36H71N7O5/c1-6-7-8-9-10-11-12-13-14-21-32(44)40-29(20-16-18-23-38)34(46)42-31(25-27(4)5)36(48)43-30(24-26(2)3)35(47)41-28(33(39)45)19-15-17-22-37/h26-31H,6-25,37-38H2,1-5H3,(H2,39,45)(H,40,44)(H,41,47)(H,42,46)(H,43,48). The highest BCUT2D eigenvalue weighted by Crippen LogP contribution is 2.13. The Bertz CT molecular complexity index is 915. The summed E-state index contributed by atoms with van der Waals surface area (Å²) in [6.07, 6.45) is 14.7. The van der Waals surface area contributed by atoms with E-state index in [4.69, 9.17) is 17.2 Å². The van der Waals surface area contributed by atoms with Gasteiger partial charge >= 0.3 is 0 Å². The van der Waals surface area contributed by atoms with Crippen LogP contribution >= 0.6 is 0 Å². The summed E-state index contributed by atoms with van der Waals surface area (Å²) in [6, 6.07) is -3.54. The average molecular weight is 682 g/mol. The average Bonchev–Trinajstić information content (AvgIpc) is 3.01. The van der Waals surface area contributed by atoms with Crippen molar-refractivity contribution in [3.8, 4) is 0 Å². The maximum absolute atomic E-state index is 13.6. The molecular weight excluding hydrogens is 610 g/mol. The quantitative estimate of drug-likeness (QED) is 0.0558. The molecule has 0 radical (unpaired) electrons. The molecule has 10 N–H and O–H groups in total. The number of rotatable bonds is 30. The Hall–Kier alpha value is -2.73. The van der Waals surface area contributed by atoms with E-state index in [0.717, 1.165) is 19.3 Å². The molecule has 0 aromatic rings. The Kier molecular flexibility index (Phi) is 26.5. The first-order valence-corrected chi connectivity index (χ1v) is 18.8. The van der Waals surface area contributed by atoms with Crippen molar-refractivity contribution >= 4 is 29.5 Å². The minimum Gasteiger partial charge on any atom is -0.368 e. The molecule has 0 rings (SSSR count). The number of carbonyl (C=O) groups is 5. The van der Waals surface area contributed by atoms with Crippen molar-refractivity contribution in [1.82, 2.24) is 21.3 Å². The normalized spacial score (nSPS) is 13.9. The first-order chi connectivity index (χ1) is 22.9. The smallest absolute Gasteiger partial charge is 0.243 e. The summed E-state index contributed by atoms with van der Waals surface area (Å²) >= 11 is 0. The molecule has 0 fully saturated rings. The van der Waals surface area contributed by atoms with Crippen molar-refractivity contribution in [3.63, 3.8) is 0 Å². The molecule has 280 valence electrons. The summed E-state index contributed by atoms with van der Waals surface area (Å²) < 4.78 is 0. The monoisotopic (exact) mass is 682 g/mol. The van der Waals surface area contributed by atoms with E-state index in [1.54, 1.807) is 0 Å². The molecule has 4 unspecified atom stereocenters. The third-order valence-electron chi connectivity index (χ3n) is 8.39. The van der Waals surface area contributed by atoms with E-state index in [0.29, 0.717) is 70.9 Å². The van der Waals surface area contributed by atoms with Crippen LogP contribution in [0.15, 0.2) is 0 Å². The van der Waals surface area contributed by atoms with Gasteiger partial charge < -0.3 is 38.5 Å². The Morgan fingerprint density at radius 3 is 1.31 bits per heavy atom. The summed E-state index contributed by atoms with van der Waals surface area (Å²) in [5, 5.41) is 11.3. The van der Waals surface area contributed by atoms with E-state index >= 15 is 0 Å². The molecule has 0 bridgehead atoms. The Morgan fingerprint density at radius 1 is 0.500 bits per heavy atom. The van der Waals surface area contributed by atoms with Gasteiger partial charge in [-0.25, -0.2) is 0 Å². The predicted molar refractivity (Wildman–Crippen MR) is 193 cm³/mol. The fourth-order valence-corrected chi connectivity index (χ4v) is 5.63. The van der Waals surface area contributed by atoms with Gasteiger partial charge in [-0.1, -0.05) is 86.0 Å². The van der Waals surface area contributed by atoms with E-state index in [-0.39, 0.29) is 17.7 Å². The molecule has 0 aliphatic carbocycles. The van der Waals surface area contributed by atoms with Crippen molar-refractivity contribution in [1.29, 1.82) is 0 Å². The SMILES string of the molecule is CCCCCCCCCCCC(=O)NC(CCCCN)C(=O)NC(CC(C)C)C(=O)NC(CC(C)C)C(=O)NC(CCCCN)C(N)=O. The van der Waals surface area contributed by atoms with E-state index in [1.165, 1.54) is 38.5 Å². The maximum atomic E-state index is 13.6. The van der Waals surface area contributed by atoms with Crippen LogP contribution in [0.4, 0.5) is 0 Å². The van der Waals surface area contributed by atoms with Crippen LogP contribution < -0.4 is 38.5 Å². The van der Waals surface area contributed by atoms with Crippen molar-refractivity contribution in [2.24, 2.45) is 29.0 Å². The van der Waals surface area contributed by atoms with Crippen molar-refractivity contribution < 1.29 is 24.0 Å². The first-order valence-electron chi connectivity index (χ1n) is 18.8. The molecule has 4 atom stereocenters. The van der Waals surface area contributed by atoms with Gasteiger partial charge in [-0.2, -0.15) is 0 Å². The second-order valence-electron chi connectivity index (χ2n) is 14.1. The van der Waals surface area contributed by atoms with Gasteiger partial charge in [0.2, 0.25) is 29.5 Å². The fraction of sp³-hybridized carbons (Fsp3) is 0.861. The van der Waals surface area contributed by atoms with E-state index in [9.17, 15) is 24.0 Å². The second-order valence-corrected chi connectivity index (χ2v) is 14.1. The lowest BCUT2D eigenvalue weighted by Crippen LogP contribution is -2.58. The number of nitrogens with one attached hydrogen (secondary N) is 4. The van der Waals surface area contributed by atoms with Crippen LogP contribution in [0, 0.1) is 11.8 Å². The van der Waals surface area contributed by atoms with Crippen LogP contribution in [0.3, 0.4) is 0 Å². The Morgan fingerprint density at radius 2 is 0.896 bits per heavy atom. The minimum atomic E-state index is -0.934. The van der Waals surface area contributed by atoms with Crippen LogP contribution in [0.1, 0.15) is 150 Å². The van der Waals surface area contributed by atoms with E-state index < -0.39 is 47.8 Å². The topological polar surface area (TPSA) is 212 Å². The molecule has 0 spiro atoms. The third kappa shape index (κ3) is 22.8. The number of primary amides is 1.